The summed E-state index contributed by atoms with van der Waals surface area (Å²) in [5, 5.41) is 3.93. The molecule has 0 aromatic heterocycles. The number of hydrogen-bond donors (Lipinski definition) is 1. The molecule has 1 aromatic carbocycles. The quantitative estimate of drug-likeness (QED) is 0.685. The van der Waals surface area contributed by atoms with Crippen LogP contribution >= 0.6 is 15.9 Å². The first kappa shape index (κ1) is 12.1. The summed E-state index contributed by atoms with van der Waals surface area (Å²) in [6.45, 7) is 0. The lowest BCUT2D eigenvalue weighted by Gasteiger charge is -2.04. The Morgan fingerprint density at radius 3 is 3.00 bits per heavy atom. The van der Waals surface area contributed by atoms with Gasteiger partial charge in [-0.05, 0) is 31.0 Å². The van der Waals surface area contributed by atoms with Gasteiger partial charge in [-0.3, -0.25) is 4.79 Å². The van der Waals surface area contributed by atoms with Crippen LogP contribution in [0.25, 0.3) is 0 Å². The van der Waals surface area contributed by atoms with Crippen LogP contribution < -0.4 is 10.2 Å². The van der Waals surface area contributed by atoms with E-state index in [1.165, 1.54) is 0 Å². The Bertz CT molecular complexity index is 456. The van der Waals surface area contributed by atoms with Crippen molar-refractivity contribution in [3.63, 3.8) is 0 Å². The molecule has 1 N–H and O–H groups in total. The third kappa shape index (κ3) is 3.30. The van der Waals surface area contributed by atoms with E-state index >= 15 is 0 Å². The van der Waals surface area contributed by atoms with Crippen LogP contribution in [0, 0.1) is 5.92 Å². The molecule has 90 valence electrons. The lowest BCUT2D eigenvalue weighted by molar-refractivity contribution is -0.122. The molecule has 0 atom stereocenters. The van der Waals surface area contributed by atoms with E-state index < -0.39 is 0 Å². The molecule has 1 amide bonds. The Morgan fingerprint density at radius 2 is 2.35 bits per heavy atom. The molecule has 0 saturated heterocycles. The van der Waals surface area contributed by atoms with E-state index in [4.69, 9.17) is 4.74 Å². The van der Waals surface area contributed by atoms with Crippen molar-refractivity contribution in [1.82, 2.24) is 5.43 Å². The molecule has 4 nitrogen and oxygen atoms in total. The maximum absolute atomic E-state index is 11.4. The number of nitrogens with one attached hydrogen (secondary N) is 1. The van der Waals surface area contributed by atoms with Gasteiger partial charge in [0.05, 0.1) is 13.3 Å². The molecular weight excluding hydrogens is 284 g/mol. The molecule has 0 unspecified atom stereocenters. The predicted molar refractivity (Wildman–Crippen MR) is 69.2 cm³/mol. The zero-order valence-electron chi connectivity index (χ0n) is 9.44. The average Bonchev–Trinajstić information content (AvgIpc) is 3.13. The van der Waals surface area contributed by atoms with Gasteiger partial charge in [-0.1, -0.05) is 15.9 Å². The van der Waals surface area contributed by atoms with Gasteiger partial charge in [-0.15, -0.1) is 0 Å². The van der Waals surface area contributed by atoms with Crippen LogP contribution in [0.2, 0.25) is 0 Å². The Morgan fingerprint density at radius 1 is 1.59 bits per heavy atom. The number of carbonyl (C=O) groups excluding carboxylic acids is 1. The third-order valence-electron chi connectivity index (χ3n) is 2.52. The fourth-order valence-corrected chi connectivity index (χ4v) is 1.79. The fraction of sp³-hybridized carbons (Fsp3) is 0.333. The number of hydrazone groups is 1. The Hall–Kier alpha value is -1.36. The number of nitrogens with zero attached hydrogens (tertiary/aromatic N) is 1. The van der Waals surface area contributed by atoms with E-state index in [1.807, 2.05) is 18.2 Å². The number of ether oxygens (including phenoxy) is 1. The molecular formula is C12H13BrN2O2. The van der Waals surface area contributed by atoms with Gasteiger partial charge in [0.25, 0.3) is 0 Å². The molecule has 1 aliphatic carbocycles. The largest absolute Gasteiger partial charge is 0.496 e. The number of benzene rings is 1. The van der Waals surface area contributed by atoms with Crippen molar-refractivity contribution in [3.05, 3.63) is 28.2 Å². The van der Waals surface area contributed by atoms with E-state index in [0.717, 1.165) is 28.6 Å². The second-order valence-electron chi connectivity index (χ2n) is 3.89. The number of rotatable bonds is 4. The van der Waals surface area contributed by atoms with Crippen molar-refractivity contribution in [2.45, 2.75) is 12.8 Å². The highest BCUT2D eigenvalue weighted by molar-refractivity contribution is 9.10. The highest BCUT2D eigenvalue weighted by atomic mass is 79.9. The van der Waals surface area contributed by atoms with E-state index in [-0.39, 0.29) is 11.8 Å². The van der Waals surface area contributed by atoms with Gasteiger partial charge in [0.2, 0.25) is 5.91 Å². The van der Waals surface area contributed by atoms with Crippen LogP contribution in [0.15, 0.2) is 27.8 Å². The second-order valence-corrected chi connectivity index (χ2v) is 4.81. The summed E-state index contributed by atoms with van der Waals surface area (Å²) in [4.78, 5) is 11.4. The van der Waals surface area contributed by atoms with Gasteiger partial charge in [-0.2, -0.15) is 5.10 Å². The molecule has 0 aliphatic heterocycles. The van der Waals surface area contributed by atoms with Gasteiger partial charge in [0.15, 0.2) is 0 Å². The standard InChI is InChI=1S/C12H13BrN2O2/c1-17-11-5-4-10(13)6-9(11)7-14-15-12(16)8-2-3-8/h4-8H,2-3H2,1H3,(H,15,16)/b14-7-. The summed E-state index contributed by atoms with van der Waals surface area (Å²) >= 11 is 3.37. The summed E-state index contributed by atoms with van der Waals surface area (Å²) in [5.41, 5.74) is 3.34. The predicted octanol–water partition coefficient (Wildman–Crippen LogP) is 2.32. The number of hydrogen-bond acceptors (Lipinski definition) is 3. The van der Waals surface area contributed by atoms with E-state index in [1.54, 1.807) is 13.3 Å². The van der Waals surface area contributed by atoms with Crippen molar-refractivity contribution >= 4 is 28.1 Å². The maximum Gasteiger partial charge on any atom is 0.243 e. The first-order valence-electron chi connectivity index (χ1n) is 5.37. The molecule has 0 heterocycles. The van der Waals surface area contributed by atoms with Crippen molar-refractivity contribution in [2.24, 2.45) is 11.0 Å². The molecule has 1 saturated carbocycles. The summed E-state index contributed by atoms with van der Waals surface area (Å²) in [6, 6.07) is 5.61. The van der Waals surface area contributed by atoms with Crippen LogP contribution in [0.3, 0.4) is 0 Å². The number of amides is 1. The minimum Gasteiger partial charge on any atom is -0.496 e. The smallest absolute Gasteiger partial charge is 0.243 e. The molecule has 0 spiro atoms. The average molecular weight is 297 g/mol. The van der Waals surface area contributed by atoms with Crippen LogP contribution in [0.4, 0.5) is 0 Å². The lowest BCUT2D eigenvalue weighted by atomic mass is 10.2. The molecule has 0 bridgehead atoms. The van der Waals surface area contributed by atoms with Crippen LogP contribution in [0.1, 0.15) is 18.4 Å². The number of halogens is 1. The first-order chi connectivity index (χ1) is 8.20. The molecule has 2 rings (SSSR count). The SMILES string of the molecule is COc1ccc(Br)cc1/C=N\NC(=O)C1CC1. The lowest BCUT2D eigenvalue weighted by Crippen LogP contribution is -2.19. The highest BCUT2D eigenvalue weighted by Crippen LogP contribution is 2.28. The monoisotopic (exact) mass is 296 g/mol. The molecule has 1 aliphatic rings. The van der Waals surface area contributed by atoms with Crippen LogP contribution in [-0.2, 0) is 4.79 Å². The summed E-state index contributed by atoms with van der Waals surface area (Å²) in [7, 11) is 1.60. The van der Waals surface area contributed by atoms with Crippen molar-refractivity contribution in [3.8, 4) is 5.75 Å². The van der Waals surface area contributed by atoms with Gasteiger partial charge < -0.3 is 4.74 Å². The summed E-state index contributed by atoms with van der Waals surface area (Å²) in [5.74, 6) is 0.879. The van der Waals surface area contributed by atoms with Crippen LogP contribution in [-0.4, -0.2) is 19.2 Å². The zero-order valence-corrected chi connectivity index (χ0v) is 11.0. The van der Waals surface area contributed by atoms with Gasteiger partial charge in [0.1, 0.15) is 5.75 Å². The van der Waals surface area contributed by atoms with Gasteiger partial charge in [-0.25, -0.2) is 5.43 Å². The normalized spacial score (nSPS) is 14.9. The topological polar surface area (TPSA) is 50.7 Å². The summed E-state index contributed by atoms with van der Waals surface area (Å²) < 4.78 is 6.13. The summed E-state index contributed by atoms with van der Waals surface area (Å²) in [6.07, 6.45) is 3.53. The Labute approximate surface area is 108 Å². The zero-order chi connectivity index (χ0) is 12.3. The van der Waals surface area contributed by atoms with Gasteiger partial charge >= 0.3 is 0 Å². The van der Waals surface area contributed by atoms with Crippen molar-refractivity contribution in [2.75, 3.05) is 7.11 Å². The van der Waals surface area contributed by atoms with Gasteiger partial charge in [0, 0.05) is 16.0 Å². The Kier molecular flexibility index (Phi) is 3.78. The molecule has 1 fully saturated rings. The fourth-order valence-electron chi connectivity index (χ4n) is 1.41. The van der Waals surface area contributed by atoms with E-state index in [9.17, 15) is 4.79 Å². The highest BCUT2D eigenvalue weighted by Gasteiger charge is 2.29. The second kappa shape index (κ2) is 5.31. The molecule has 0 radical (unpaired) electrons. The maximum atomic E-state index is 11.4. The van der Waals surface area contributed by atoms with Crippen molar-refractivity contribution < 1.29 is 9.53 Å². The number of methoxy groups -OCH3 is 1. The van der Waals surface area contributed by atoms with Crippen LogP contribution in [0.5, 0.6) is 5.75 Å². The third-order valence-corrected chi connectivity index (χ3v) is 3.01. The van der Waals surface area contributed by atoms with E-state index in [2.05, 4.69) is 26.5 Å². The first-order valence-corrected chi connectivity index (χ1v) is 6.16. The Balaban J connectivity index is 2.03. The molecule has 1 aromatic rings. The minimum atomic E-state index is -0.00443. The molecule has 5 heteroatoms. The van der Waals surface area contributed by atoms with E-state index in [0.29, 0.717) is 0 Å². The molecule has 17 heavy (non-hydrogen) atoms. The van der Waals surface area contributed by atoms with Crippen molar-refractivity contribution in [1.29, 1.82) is 0 Å². The number of carbonyl (C=O) groups is 1. The minimum absolute atomic E-state index is 0.00443.